The number of nitrogens with zero attached hydrogens (tertiary/aromatic N) is 1. The molecule has 0 radical (unpaired) electrons. The normalized spacial score (nSPS) is 15.5. The average Bonchev–Trinajstić information content (AvgIpc) is 3.19. The van der Waals surface area contributed by atoms with Gasteiger partial charge in [0.25, 0.3) is 0 Å². The van der Waals surface area contributed by atoms with Crippen LogP contribution in [-0.2, 0) is 16.0 Å². The van der Waals surface area contributed by atoms with E-state index in [2.05, 4.69) is 17.4 Å². The van der Waals surface area contributed by atoms with Crippen molar-refractivity contribution in [3.63, 3.8) is 0 Å². The number of nitrogens with one attached hydrogen (secondary N) is 1. The molecule has 3 aromatic carbocycles. The van der Waals surface area contributed by atoms with Crippen molar-refractivity contribution in [2.75, 3.05) is 25.7 Å². The summed E-state index contributed by atoms with van der Waals surface area (Å²) < 4.78 is 10.6. The average molecular weight is 431 g/mol. The summed E-state index contributed by atoms with van der Waals surface area (Å²) in [5.74, 6) is 1.04. The molecule has 0 aromatic heterocycles. The molecular formula is C26H26N2O4. The zero-order chi connectivity index (χ0) is 22.5. The van der Waals surface area contributed by atoms with Gasteiger partial charge in [0.1, 0.15) is 0 Å². The third kappa shape index (κ3) is 4.75. The van der Waals surface area contributed by atoms with Gasteiger partial charge in [0.2, 0.25) is 11.8 Å². The lowest BCUT2D eigenvalue weighted by Crippen LogP contribution is -2.38. The molecule has 0 spiro atoms. The van der Waals surface area contributed by atoms with E-state index in [9.17, 15) is 9.59 Å². The summed E-state index contributed by atoms with van der Waals surface area (Å²) in [7, 11) is 3.13. The minimum absolute atomic E-state index is 0.0327. The third-order valence-electron chi connectivity index (χ3n) is 5.59. The summed E-state index contributed by atoms with van der Waals surface area (Å²) >= 11 is 0. The number of amides is 2. The molecular weight excluding hydrogens is 404 g/mol. The van der Waals surface area contributed by atoms with Crippen molar-refractivity contribution >= 4 is 17.5 Å². The third-order valence-corrected chi connectivity index (χ3v) is 5.59. The molecule has 1 saturated heterocycles. The summed E-state index contributed by atoms with van der Waals surface area (Å²) in [5, 5.41) is 3.00. The lowest BCUT2D eigenvalue weighted by molar-refractivity contribution is -0.121. The zero-order valence-corrected chi connectivity index (χ0v) is 18.2. The van der Waals surface area contributed by atoms with Crippen molar-refractivity contribution in [1.82, 2.24) is 5.32 Å². The Bertz CT molecular complexity index is 1100. The van der Waals surface area contributed by atoms with E-state index in [1.54, 1.807) is 31.3 Å². The van der Waals surface area contributed by atoms with Crippen molar-refractivity contribution in [2.45, 2.75) is 18.9 Å². The maximum absolute atomic E-state index is 12.6. The zero-order valence-electron chi connectivity index (χ0n) is 18.2. The molecule has 6 heteroatoms. The van der Waals surface area contributed by atoms with Gasteiger partial charge in [0, 0.05) is 24.7 Å². The Morgan fingerprint density at radius 1 is 0.938 bits per heavy atom. The van der Waals surface area contributed by atoms with Gasteiger partial charge < -0.3 is 19.7 Å². The molecule has 1 heterocycles. The fourth-order valence-electron chi connectivity index (χ4n) is 3.96. The van der Waals surface area contributed by atoms with E-state index in [0.29, 0.717) is 18.0 Å². The molecule has 6 nitrogen and oxygen atoms in total. The lowest BCUT2D eigenvalue weighted by Gasteiger charge is -2.19. The molecule has 1 aliphatic heterocycles. The number of carbonyl (C=O) groups excluding carboxylic acids is 2. The van der Waals surface area contributed by atoms with Crippen molar-refractivity contribution in [2.24, 2.45) is 0 Å². The summed E-state index contributed by atoms with van der Waals surface area (Å²) in [6.45, 7) is 0.424. The van der Waals surface area contributed by atoms with Crippen LogP contribution in [0.15, 0.2) is 72.8 Å². The van der Waals surface area contributed by atoms with Crippen LogP contribution in [0.4, 0.5) is 5.69 Å². The maximum atomic E-state index is 12.6. The second kappa shape index (κ2) is 9.56. The van der Waals surface area contributed by atoms with E-state index in [1.807, 2.05) is 48.5 Å². The second-order valence-corrected chi connectivity index (χ2v) is 7.75. The van der Waals surface area contributed by atoms with Crippen molar-refractivity contribution in [1.29, 1.82) is 0 Å². The molecule has 3 aromatic rings. The molecule has 0 unspecified atom stereocenters. The Balaban J connectivity index is 1.36. The van der Waals surface area contributed by atoms with Crippen LogP contribution in [0.3, 0.4) is 0 Å². The predicted octanol–water partition coefficient (Wildman–Crippen LogP) is 3.84. The van der Waals surface area contributed by atoms with E-state index in [-0.39, 0.29) is 30.7 Å². The molecule has 4 rings (SSSR count). The second-order valence-electron chi connectivity index (χ2n) is 7.75. The first-order valence-electron chi connectivity index (χ1n) is 10.5. The molecule has 0 bridgehead atoms. The van der Waals surface area contributed by atoms with Gasteiger partial charge in [-0.25, -0.2) is 0 Å². The first-order valence-corrected chi connectivity index (χ1v) is 10.5. The number of hydrogen-bond acceptors (Lipinski definition) is 4. The molecule has 1 aliphatic rings. The molecule has 2 amide bonds. The van der Waals surface area contributed by atoms with Crippen molar-refractivity contribution < 1.29 is 19.1 Å². The number of rotatable bonds is 7. The van der Waals surface area contributed by atoms with E-state index in [0.717, 1.165) is 22.4 Å². The van der Waals surface area contributed by atoms with Gasteiger partial charge in [-0.3, -0.25) is 9.59 Å². The first kappa shape index (κ1) is 21.4. The minimum Gasteiger partial charge on any atom is -0.493 e. The lowest BCUT2D eigenvalue weighted by atomic mass is 10.0. The van der Waals surface area contributed by atoms with Crippen LogP contribution in [0, 0.1) is 0 Å². The Labute approximate surface area is 187 Å². The number of methoxy groups -OCH3 is 2. The van der Waals surface area contributed by atoms with Crippen LogP contribution in [-0.4, -0.2) is 38.6 Å². The van der Waals surface area contributed by atoms with Gasteiger partial charge in [-0.05, 0) is 28.8 Å². The van der Waals surface area contributed by atoms with Gasteiger partial charge in [0.05, 0.1) is 26.7 Å². The monoisotopic (exact) mass is 430 g/mol. The maximum Gasteiger partial charge on any atom is 0.229 e. The number of hydrogen-bond donors (Lipinski definition) is 1. The SMILES string of the molecule is COc1ccc(N2C[C@@H](NC(=O)Cc3ccc(-c4ccccc4)cc3)CC2=O)cc1OC. The van der Waals surface area contributed by atoms with Gasteiger partial charge in [-0.15, -0.1) is 0 Å². The molecule has 0 saturated carbocycles. The number of ether oxygens (including phenoxy) is 2. The van der Waals surface area contributed by atoms with Crippen LogP contribution in [0.2, 0.25) is 0 Å². The Kier molecular flexibility index (Phi) is 6.40. The van der Waals surface area contributed by atoms with E-state index in [1.165, 1.54) is 0 Å². The van der Waals surface area contributed by atoms with Gasteiger partial charge in [0.15, 0.2) is 11.5 Å². The van der Waals surface area contributed by atoms with E-state index < -0.39 is 0 Å². The Hall–Kier alpha value is -3.80. The molecule has 1 fully saturated rings. The summed E-state index contributed by atoms with van der Waals surface area (Å²) in [4.78, 5) is 26.8. The summed E-state index contributed by atoms with van der Waals surface area (Å²) in [6.07, 6.45) is 0.545. The van der Waals surface area contributed by atoms with Crippen LogP contribution in [0.1, 0.15) is 12.0 Å². The minimum atomic E-state index is -0.230. The Morgan fingerprint density at radius 2 is 1.62 bits per heavy atom. The molecule has 1 atom stereocenters. The largest absolute Gasteiger partial charge is 0.493 e. The molecule has 164 valence electrons. The van der Waals surface area contributed by atoms with Crippen LogP contribution < -0.4 is 19.7 Å². The van der Waals surface area contributed by atoms with Gasteiger partial charge >= 0.3 is 0 Å². The quantitative estimate of drug-likeness (QED) is 0.619. The topological polar surface area (TPSA) is 67.9 Å². The fraction of sp³-hybridized carbons (Fsp3) is 0.231. The smallest absolute Gasteiger partial charge is 0.229 e. The number of anilines is 1. The summed E-state index contributed by atoms with van der Waals surface area (Å²) in [5.41, 5.74) is 3.91. The highest BCUT2D eigenvalue weighted by Gasteiger charge is 2.32. The van der Waals surface area contributed by atoms with Crippen LogP contribution >= 0.6 is 0 Å². The van der Waals surface area contributed by atoms with Crippen molar-refractivity contribution in [3.8, 4) is 22.6 Å². The number of carbonyl (C=O) groups is 2. The van der Waals surface area contributed by atoms with Gasteiger partial charge in [-0.2, -0.15) is 0 Å². The van der Waals surface area contributed by atoms with E-state index >= 15 is 0 Å². The summed E-state index contributed by atoms with van der Waals surface area (Å²) in [6, 6.07) is 23.2. The highest BCUT2D eigenvalue weighted by atomic mass is 16.5. The van der Waals surface area contributed by atoms with Crippen molar-refractivity contribution in [3.05, 3.63) is 78.4 Å². The molecule has 1 N–H and O–H groups in total. The van der Waals surface area contributed by atoms with E-state index in [4.69, 9.17) is 9.47 Å². The van der Waals surface area contributed by atoms with Crippen LogP contribution in [0.25, 0.3) is 11.1 Å². The highest BCUT2D eigenvalue weighted by molar-refractivity contribution is 5.97. The standard InChI is InChI=1S/C26H26N2O4/c1-31-23-13-12-22(16-24(23)32-2)28-17-21(15-26(28)30)27-25(29)14-18-8-10-20(11-9-18)19-6-4-3-5-7-19/h3-13,16,21H,14-15,17H2,1-2H3,(H,27,29)/t21-/m0/s1. The fourth-order valence-corrected chi connectivity index (χ4v) is 3.96. The first-order chi connectivity index (χ1) is 15.6. The van der Waals surface area contributed by atoms with Gasteiger partial charge in [-0.1, -0.05) is 54.6 Å². The Morgan fingerprint density at radius 3 is 2.31 bits per heavy atom. The number of benzene rings is 3. The van der Waals surface area contributed by atoms with Crippen LogP contribution in [0.5, 0.6) is 11.5 Å². The molecule has 32 heavy (non-hydrogen) atoms. The predicted molar refractivity (Wildman–Crippen MR) is 124 cm³/mol. The highest BCUT2D eigenvalue weighted by Crippen LogP contribution is 2.33. The molecule has 0 aliphatic carbocycles.